The number of aryl methyl sites for hydroxylation is 1. The molecule has 0 aromatic heterocycles. The quantitative estimate of drug-likeness (QED) is 0.550. The molecule has 4 nitrogen and oxygen atoms in total. The Morgan fingerprint density at radius 2 is 1.77 bits per heavy atom. The normalized spacial score (nSPS) is 17.9. The second-order valence-electron chi connectivity index (χ2n) is 6.94. The Morgan fingerprint density at radius 1 is 1.00 bits per heavy atom. The summed E-state index contributed by atoms with van der Waals surface area (Å²) in [7, 11) is 0. The first-order valence-electron chi connectivity index (χ1n) is 9.43. The van der Waals surface area contributed by atoms with Crippen LogP contribution in [0.2, 0.25) is 0 Å². The molecule has 5 heteroatoms. The van der Waals surface area contributed by atoms with Crippen LogP contribution in [0.15, 0.2) is 59.6 Å². The lowest BCUT2D eigenvalue weighted by molar-refractivity contribution is 0.518. The molecule has 0 amide bonds. The second kappa shape index (κ2) is 8.14. The van der Waals surface area contributed by atoms with Crippen molar-refractivity contribution in [1.82, 2.24) is 10.9 Å². The summed E-state index contributed by atoms with van der Waals surface area (Å²) in [6, 6.07) is 19.0. The average molecular weight is 367 g/mol. The van der Waals surface area contributed by atoms with Crippen molar-refractivity contribution >= 4 is 29.0 Å². The van der Waals surface area contributed by atoms with E-state index in [1.54, 1.807) is 0 Å². The van der Waals surface area contributed by atoms with Gasteiger partial charge < -0.3 is 10.7 Å². The van der Waals surface area contributed by atoms with E-state index in [1.807, 2.05) is 17.8 Å². The predicted octanol–water partition coefficient (Wildman–Crippen LogP) is 4.13. The van der Waals surface area contributed by atoms with Crippen molar-refractivity contribution in [3.05, 3.63) is 60.2 Å². The van der Waals surface area contributed by atoms with Crippen LogP contribution in [-0.2, 0) is 6.42 Å². The lowest BCUT2D eigenvalue weighted by Gasteiger charge is -2.42. The average Bonchev–Trinajstić information content (AvgIpc) is 2.69. The lowest BCUT2D eigenvalue weighted by Crippen LogP contribution is -2.58. The van der Waals surface area contributed by atoms with E-state index >= 15 is 0 Å². The summed E-state index contributed by atoms with van der Waals surface area (Å²) in [5.74, 6) is 3.38. The molecule has 2 aromatic carbocycles. The maximum Gasteiger partial charge on any atom is 0.142 e. The molecule has 2 aromatic rings. The summed E-state index contributed by atoms with van der Waals surface area (Å²) < 4.78 is 0. The number of anilines is 1. The molecular weight excluding hydrogens is 340 g/mol. The molecule has 4 rings (SSSR count). The fraction of sp³-hybridized carbons (Fsp3) is 0.381. The minimum atomic E-state index is -0.0635. The number of hydrogen-bond donors (Lipinski definition) is 3. The van der Waals surface area contributed by atoms with Gasteiger partial charge in [0.1, 0.15) is 5.84 Å². The second-order valence-corrected chi connectivity index (χ2v) is 8.16. The highest BCUT2D eigenvalue weighted by Gasteiger charge is 2.40. The van der Waals surface area contributed by atoms with Gasteiger partial charge in [0.25, 0.3) is 0 Å². The molecule has 1 spiro atoms. The number of thioether (sulfide) groups is 1. The van der Waals surface area contributed by atoms with Crippen LogP contribution in [0.4, 0.5) is 11.4 Å². The Balaban J connectivity index is 1.39. The zero-order chi connectivity index (χ0) is 17.7. The summed E-state index contributed by atoms with van der Waals surface area (Å²) in [6.45, 7) is 0.917. The standard InChI is InChI=1S/C21H26N4S/c1-2-7-17(8-3-1)9-6-14-22-25-20-21(12-15-26-16-13-21)24-19-11-5-4-10-18(19)23-20/h1-5,7-8,10-11,22,24H,6,9,12-16H2,(H,23,25). The van der Waals surface area contributed by atoms with Gasteiger partial charge in [-0.2, -0.15) is 11.8 Å². The van der Waals surface area contributed by atoms with E-state index < -0.39 is 0 Å². The molecule has 0 radical (unpaired) electrons. The topological polar surface area (TPSA) is 48.5 Å². The minimum Gasteiger partial charge on any atom is -0.371 e. The molecule has 0 bridgehead atoms. The monoisotopic (exact) mass is 366 g/mol. The Morgan fingerprint density at radius 3 is 2.62 bits per heavy atom. The number of hydrazine groups is 1. The summed E-state index contributed by atoms with van der Waals surface area (Å²) in [4.78, 5) is 4.95. The molecule has 1 saturated heterocycles. The van der Waals surface area contributed by atoms with Crippen LogP contribution in [0, 0.1) is 0 Å². The Kier molecular flexibility index (Phi) is 5.46. The molecule has 0 atom stereocenters. The summed E-state index contributed by atoms with van der Waals surface area (Å²) in [5, 5.41) is 3.78. The number of amidine groups is 1. The first-order valence-corrected chi connectivity index (χ1v) is 10.6. The lowest BCUT2D eigenvalue weighted by atomic mass is 9.88. The van der Waals surface area contributed by atoms with E-state index in [0.717, 1.165) is 49.4 Å². The van der Waals surface area contributed by atoms with E-state index in [9.17, 15) is 0 Å². The predicted molar refractivity (Wildman–Crippen MR) is 112 cm³/mol. The van der Waals surface area contributed by atoms with Crippen molar-refractivity contribution < 1.29 is 0 Å². The number of nitrogens with one attached hydrogen (secondary N) is 3. The van der Waals surface area contributed by atoms with E-state index in [0.29, 0.717) is 0 Å². The molecule has 26 heavy (non-hydrogen) atoms. The van der Waals surface area contributed by atoms with Crippen molar-refractivity contribution in [3.63, 3.8) is 0 Å². The van der Waals surface area contributed by atoms with Crippen molar-refractivity contribution in [1.29, 1.82) is 0 Å². The largest absolute Gasteiger partial charge is 0.371 e. The summed E-state index contributed by atoms with van der Waals surface area (Å²) in [5.41, 5.74) is 10.3. The number of fused-ring (bicyclic) bond motifs is 1. The van der Waals surface area contributed by atoms with Crippen molar-refractivity contribution in [2.24, 2.45) is 4.99 Å². The zero-order valence-electron chi connectivity index (χ0n) is 15.0. The van der Waals surface area contributed by atoms with Crippen LogP contribution in [-0.4, -0.2) is 29.4 Å². The summed E-state index contributed by atoms with van der Waals surface area (Å²) >= 11 is 2.03. The molecule has 3 N–H and O–H groups in total. The van der Waals surface area contributed by atoms with Crippen molar-refractivity contribution in [3.8, 4) is 0 Å². The number of hydrogen-bond acceptors (Lipinski definition) is 5. The first kappa shape index (κ1) is 17.4. The minimum absolute atomic E-state index is 0.0635. The van der Waals surface area contributed by atoms with Crippen molar-refractivity contribution in [2.45, 2.75) is 31.2 Å². The van der Waals surface area contributed by atoms with Crippen LogP contribution in [0.1, 0.15) is 24.8 Å². The molecule has 0 unspecified atom stereocenters. The molecule has 2 heterocycles. The van der Waals surface area contributed by atoms with Gasteiger partial charge >= 0.3 is 0 Å². The number of nitrogens with zero attached hydrogens (tertiary/aromatic N) is 1. The third-order valence-corrected chi connectivity index (χ3v) is 6.11. The highest BCUT2D eigenvalue weighted by Crippen LogP contribution is 2.39. The van der Waals surface area contributed by atoms with E-state index in [-0.39, 0.29) is 5.54 Å². The molecular formula is C21H26N4S. The number of benzene rings is 2. The number of para-hydroxylation sites is 2. The maximum atomic E-state index is 4.95. The van der Waals surface area contributed by atoms with Gasteiger partial charge in [-0.3, -0.25) is 0 Å². The van der Waals surface area contributed by atoms with Gasteiger partial charge in [0.2, 0.25) is 0 Å². The molecule has 2 aliphatic heterocycles. The van der Waals surface area contributed by atoms with Gasteiger partial charge in [0.05, 0.1) is 16.9 Å². The van der Waals surface area contributed by atoms with Crippen LogP contribution >= 0.6 is 11.8 Å². The fourth-order valence-electron chi connectivity index (χ4n) is 3.62. The van der Waals surface area contributed by atoms with Crippen LogP contribution in [0.5, 0.6) is 0 Å². The van der Waals surface area contributed by atoms with Crippen molar-refractivity contribution in [2.75, 3.05) is 23.4 Å². The maximum absolute atomic E-state index is 4.95. The molecule has 2 aliphatic rings. The Hall–Kier alpha value is -1.98. The van der Waals surface area contributed by atoms with Crippen LogP contribution < -0.4 is 16.2 Å². The van der Waals surface area contributed by atoms with Crippen LogP contribution in [0.3, 0.4) is 0 Å². The van der Waals surface area contributed by atoms with Gasteiger partial charge in [-0.25, -0.2) is 10.4 Å². The van der Waals surface area contributed by atoms with E-state index in [1.165, 1.54) is 17.1 Å². The van der Waals surface area contributed by atoms with E-state index in [4.69, 9.17) is 4.99 Å². The third-order valence-electron chi connectivity index (χ3n) is 5.13. The number of rotatable bonds is 5. The smallest absolute Gasteiger partial charge is 0.142 e. The van der Waals surface area contributed by atoms with Gasteiger partial charge in [0, 0.05) is 6.54 Å². The first-order chi connectivity index (χ1) is 12.9. The van der Waals surface area contributed by atoms with Gasteiger partial charge in [-0.1, -0.05) is 42.5 Å². The number of aliphatic imine (C=N–C) groups is 1. The van der Waals surface area contributed by atoms with Gasteiger partial charge in [0.15, 0.2) is 0 Å². The van der Waals surface area contributed by atoms with Gasteiger partial charge in [-0.05, 0) is 54.9 Å². The third kappa shape index (κ3) is 3.89. The van der Waals surface area contributed by atoms with Gasteiger partial charge in [-0.15, -0.1) is 0 Å². The fourth-order valence-corrected chi connectivity index (χ4v) is 4.81. The molecule has 1 fully saturated rings. The van der Waals surface area contributed by atoms with E-state index in [2.05, 4.69) is 64.7 Å². The highest BCUT2D eigenvalue weighted by atomic mass is 32.2. The molecule has 0 aliphatic carbocycles. The summed E-state index contributed by atoms with van der Waals surface area (Å²) in [6.07, 6.45) is 4.38. The highest BCUT2D eigenvalue weighted by molar-refractivity contribution is 7.99. The zero-order valence-corrected chi connectivity index (χ0v) is 15.8. The Labute approximate surface area is 159 Å². The molecule has 136 valence electrons. The Bertz CT molecular complexity index is 754. The van der Waals surface area contributed by atoms with Crippen LogP contribution in [0.25, 0.3) is 0 Å². The SMILES string of the molecule is c1ccc(CCCNNC2=Nc3ccccc3NC23CCSCC3)cc1. The molecule has 0 saturated carbocycles.